The summed E-state index contributed by atoms with van der Waals surface area (Å²) in [4.78, 5) is 25.1. The maximum absolute atomic E-state index is 12.3. The van der Waals surface area contributed by atoms with E-state index >= 15 is 0 Å². The van der Waals surface area contributed by atoms with Crippen LogP contribution in [-0.4, -0.2) is 51.8 Å². The van der Waals surface area contributed by atoms with Gasteiger partial charge >= 0.3 is 5.97 Å². The summed E-state index contributed by atoms with van der Waals surface area (Å²) in [7, 11) is 1.42. The molecule has 1 aromatic rings. The van der Waals surface area contributed by atoms with Gasteiger partial charge in [-0.05, 0) is 26.0 Å². The Hall–Kier alpha value is -2.28. The number of methoxy groups -OCH3 is 1. The Labute approximate surface area is 154 Å². The van der Waals surface area contributed by atoms with Gasteiger partial charge < -0.3 is 24.4 Å². The predicted octanol–water partition coefficient (Wildman–Crippen LogP) is 0.890. The Bertz CT molecular complexity index is 612. The fraction of sp³-hybridized carbons (Fsp3) is 0.579. The number of anilines is 1. The minimum atomic E-state index is -0.147. The molecule has 0 unspecified atom stereocenters. The Kier molecular flexibility index (Phi) is 7.72. The number of ether oxygens (including phenoxy) is 3. The summed E-state index contributed by atoms with van der Waals surface area (Å²) in [5.74, 6) is 1.06. The molecule has 1 aliphatic rings. The molecule has 1 fully saturated rings. The van der Waals surface area contributed by atoms with E-state index in [4.69, 9.17) is 14.2 Å². The number of rotatable bonds is 8. The summed E-state index contributed by atoms with van der Waals surface area (Å²) in [5, 5.41) is 2.92. The number of carbonyl (C=O) groups excluding carboxylic acids is 2. The summed E-state index contributed by atoms with van der Waals surface area (Å²) < 4.78 is 15.9. The van der Waals surface area contributed by atoms with Crippen LogP contribution in [-0.2, 0) is 14.3 Å². The van der Waals surface area contributed by atoms with Gasteiger partial charge in [0.1, 0.15) is 0 Å². The van der Waals surface area contributed by atoms with Gasteiger partial charge in [-0.1, -0.05) is 0 Å². The maximum Gasteiger partial charge on any atom is 0.309 e. The molecule has 0 spiro atoms. The molecule has 7 nitrogen and oxygen atoms in total. The van der Waals surface area contributed by atoms with Crippen LogP contribution in [0, 0.1) is 5.92 Å². The average Bonchev–Trinajstić information content (AvgIpc) is 2.64. The maximum atomic E-state index is 12.3. The van der Waals surface area contributed by atoms with E-state index in [0.717, 1.165) is 25.9 Å². The molecular weight excluding hydrogens is 336 g/mol. The minimum absolute atomic E-state index is 0.0355. The van der Waals surface area contributed by atoms with Crippen molar-refractivity contribution in [1.29, 1.82) is 0 Å². The van der Waals surface area contributed by atoms with Gasteiger partial charge in [-0.3, -0.25) is 9.59 Å². The second-order valence-corrected chi connectivity index (χ2v) is 6.30. The fourth-order valence-electron chi connectivity index (χ4n) is 3.17. The highest BCUT2D eigenvalue weighted by atomic mass is 16.5. The lowest BCUT2D eigenvalue weighted by atomic mass is 9.97. The first-order chi connectivity index (χ1) is 12.6. The third kappa shape index (κ3) is 5.62. The van der Waals surface area contributed by atoms with E-state index in [0.29, 0.717) is 36.9 Å². The first-order valence-electron chi connectivity index (χ1n) is 9.18. The van der Waals surface area contributed by atoms with Crippen LogP contribution in [0.15, 0.2) is 18.2 Å². The molecule has 0 aliphatic carbocycles. The average molecular weight is 365 g/mol. The lowest BCUT2D eigenvalue weighted by molar-refractivity contribution is -0.897. The Balaban J connectivity index is 1.88. The highest BCUT2D eigenvalue weighted by Gasteiger charge is 2.29. The van der Waals surface area contributed by atoms with Gasteiger partial charge in [0, 0.05) is 24.6 Å². The quantitative estimate of drug-likeness (QED) is 0.669. The van der Waals surface area contributed by atoms with Crippen LogP contribution in [0.1, 0.15) is 26.7 Å². The monoisotopic (exact) mass is 365 g/mol. The molecule has 7 heteroatoms. The Morgan fingerprint density at radius 2 is 1.77 bits per heavy atom. The van der Waals surface area contributed by atoms with Gasteiger partial charge in [-0.15, -0.1) is 0 Å². The van der Waals surface area contributed by atoms with Crippen molar-refractivity contribution in [3.63, 3.8) is 0 Å². The van der Waals surface area contributed by atoms with Crippen LogP contribution in [0.5, 0.6) is 11.5 Å². The minimum Gasteiger partial charge on any atom is -0.490 e. The standard InChI is InChI=1S/C19H28N2O5/c1-4-25-16-7-6-15(12-17(16)26-5-2)20-18(22)13-21-10-8-14(9-11-21)19(23)24-3/h6-7,12,14H,4-5,8-11,13H2,1-3H3,(H,20,22)/p+1. The predicted molar refractivity (Wildman–Crippen MR) is 97.7 cm³/mol. The molecule has 1 amide bonds. The molecule has 144 valence electrons. The summed E-state index contributed by atoms with van der Waals surface area (Å²) in [6, 6.07) is 5.40. The van der Waals surface area contributed by atoms with Crippen molar-refractivity contribution in [3.8, 4) is 11.5 Å². The van der Waals surface area contributed by atoms with Gasteiger partial charge in [0.2, 0.25) is 0 Å². The van der Waals surface area contributed by atoms with Crippen molar-refractivity contribution in [1.82, 2.24) is 0 Å². The molecule has 1 aliphatic heterocycles. The first-order valence-corrected chi connectivity index (χ1v) is 9.18. The molecular formula is C19H29N2O5+. The largest absolute Gasteiger partial charge is 0.490 e. The molecule has 26 heavy (non-hydrogen) atoms. The van der Waals surface area contributed by atoms with Gasteiger partial charge in [-0.2, -0.15) is 0 Å². The van der Waals surface area contributed by atoms with Crippen molar-refractivity contribution in [2.24, 2.45) is 5.92 Å². The molecule has 2 N–H and O–H groups in total. The fourth-order valence-corrected chi connectivity index (χ4v) is 3.17. The van der Waals surface area contributed by atoms with Crippen molar-refractivity contribution < 1.29 is 28.7 Å². The summed E-state index contributed by atoms with van der Waals surface area (Å²) in [6.45, 7) is 6.86. The van der Waals surface area contributed by atoms with E-state index in [2.05, 4.69) is 5.32 Å². The number of quaternary nitrogens is 1. The highest BCUT2D eigenvalue weighted by Crippen LogP contribution is 2.30. The zero-order chi connectivity index (χ0) is 18.9. The molecule has 0 bridgehead atoms. The Morgan fingerprint density at radius 1 is 1.12 bits per heavy atom. The highest BCUT2D eigenvalue weighted by molar-refractivity contribution is 5.91. The molecule has 0 atom stereocenters. The van der Waals surface area contributed by atoms with Gasteiger partial charge in [0.25, 0.3) is 5.91 Å². The van der Waals surface area contributed by atoms with Gasteiger partial charge in [-0.25, -0.2) is 0 Å². The number of piperidine rings is 1. The number of benzene rings is 1. The van der Waals surface area contributed by atoms with E-state index in [1.54, 1.807) is 12.1 Å². The SMILES string of the molecule is CCOc1ccc(NC(=O)C[NH+]2CCC(C(=O)OC)CC2)cc1OCC. The van der Waals surface area contributed by atoms with Crippen LogP contribution in [0.25, 0.3) is 0 Å². The molecule has 0 aromatic heterocycles. The molecule has 1 aromatic carbocycles. The van der Waals surface area contributed by atoms with Crippen LogP contribution in [0.2, 0.25) is 0 Å². The molecule has 0 radical (unpaired) electrons. The van der Waals surface area contributed by atoms with Crippen molar-refractivity contribution in [2.75, 3.05) is 45.3 Å². The van der Waals surface area contributed by atoms with E-state index in [1.807, 2.05) is 19.9 Å². The van der Waals surface area contributed by atoms with Crippen LogP contribution in [0.4, 0.5) is 5.69 Å². The molecule has 0 saturated carbocycles. The number of amides is 1. The van der Waals surface area contributed by atoms with Gasteiger partial charge in [0.05, 0.1) is 39.3 Å². The van der Waals surface area contributed by atoms with Crippen LogP contribution in [0.3, 0.4) is 0 Å². The van der Waals surface area contributed by atoms with E-state index in [-0.39, 0.29) is 17.8 Å². The number of carbonyl (C=O) groups is 2. The first kappa shape index (κ1) is 20.0. The normalized spacial score (nSPS) is 19.5. The molecule has 2 rings (SSSR count). The summed E-state index contributed by atoms with van der Waals surface area (Å²) in [6.07, 6.45) is 1.51. The summed E-state index contributed by atoms with van der Waals surface area (Å²) >= 11 is 0. The van der Waals surface area contributed by atoms with Gasteiger partial charge in [0.15, 0.2) is 18.0 Å². The second-order valence-electron chi connectivity index (χ2n) is 6.30. The third-order valence-corrected chi connectivity index (χ3v) is 4.46. The Morgan fingerprint density at radius 3 is 2.38 bits per heavy atom. The number of hydrogen-bond donors (Lipinski definition) is 2. The lowest BCUT2D eigenvalue weighted by Gasteiger charge is -2.27. The second kappa shape index (κ2) is 10.0. The van der Waals surface area contributed by atoms with E-state index < -0.39 is 0 Å². The van der Waals surface area contributed by atoms with Crippen molar-refractivity contribution >= 4 is 17.6 Å². The lowest BCUT2D eigenvalue weighted by Crippen LogP contribution is -3.14. The number of nitrogens with one attached hydrogen (secondary N) is 2. The van der Waals surface area contributed by atoms with Crippen molar-refractivity contribution in [3.05, 3.63) is 18.2 Å². The molecule has 1 heterocycles. The number of likely N-dealkylation sites (tertiary alicyclic amines) is 1. The van der Waals surface area contributed by atoms with E-state index in [9.17, 15) is 9.59 Å². The summed E-state index contributed by atoms with van der Waals surface area (Å²) in [5.41, 5.74) is 0.686. The number of hydrogen-bond acceptors (Lipinski definition) is 5. The van der Waals surface area contributed by atoms with E-state index in [1.165, 1.54) is 12.0 Å². The smallest absolute Gasteiger partial charge is 0.309 e. The molecule has 1 saturated heterocycles. The van der Waals surface area contributed by atoms with Crippen LogP contribution < -0.4 is 19.7 Å². The number of esters is 1. The zero-order valence-corrected chi connectivity index (χ0v) is 15.8. The topological polar surface area (TPSA) is 78.3 Å². The van der Waals surface area contributed by atoms with Crippen LogP contribution >= 0.6 is 0 Å². The zero-order valence-electron chi connectivity index (χ0n) is 15.8. The third-order valence-electron chi connectivity index (χ3n) is 4.46. The van der Waals surface area contributed by atoms with Crippen molar-refractivity contribution in [2.45, 2.75) is 26.7 Å².